The van der Waals surface area contributed by atoms with Gasteiger partial charge >= 0.3 is 5.97 Å². The monoisotopic (exact) mass is 186 g/mol. The van der Waals surface area contributed by atoms with Gasteiger partial charge in [-0.25, -0.2) is 0 Å². The molecule has 0 saturated carbocycles. The molecule has 0 heterocycles. The van der Waals surface area contributed by atoms with Gasteiger partial charge in [0.2, 0.25) is 0 Å². The maximum absolute atomic E-state index is 11.2. The topological polar surface area (TPSA) is 26.3 Å². The minimum atomic E-state index is -0.850. The maximum atomic E-state index is 11.2. The van der Waals surface area contributed by atoms with Gasteiger partial charge in [0.1, 0.15) is 4.75 Å². The molecule has 3 heteroatoms. The second-order valence-electron chi connectivity index (χ2n) is 3.60. The summed E-state index contributed by atoms with van der Waals surface area (Å²) in [6, 6.07) is 0. The summed E-state index contributed by atoms with van der Waals surface area (Å²) in [4.78, 5) is 11.2. The van der Waals surface area contributed by atoms with Crippen LogP contribution in [0.15, 0.2) is 0 Å². The van der Waals surface area contributed by atoms with Crippen LogP contribution >= 0.6 is 12.6 Å². The molecule has 0 aromatic heterocycles. The highest BCUT2D eigenvalue weighted by Crippen LogP contribution is 2.18. The van der Waals surface area contributed by atoms with Gasteiger partial charge < -0.3 is 4.74 Å². The van der Waals surface area contributed by atoms with Gasteiger partial charge in [0.25, 0.3) is 0 Å². The lowest BCUT2D eigenvalue weighted by molar-refractivity contribution is -0.153. The van der Waals surface area contributed by atoms with Crippen LogP contribution in [0.5, 0.6) is 0 Å². The Bertz CT molecular complexity index is 218. The molecule has 0 unspecified atom stereocenters. The summed E-state index contributed by atoms with van der Waals surface area (Å²) in [5, 5.41) is 0. The van der Waals surface area contributed by atoms with Gasteiger partial charge in [-0.05, 0) is 27.7 Å². The molecule has 0 aromatic rings. The van der Waals surface area contributed by atoms with E-state index in [0.29, 0.717) is 0 Å². The van der Waals surface area contributed by atoms with Crippen molar-refractivity contribution in [3.63, 3.8) is 0 Å². The van der Waals surface area contributed by atoms with Crippen LogP contribution in [-0.2, 0) is 9.53 Å². The lowest BCUT2D eigenvalue weighted by atomic mass is 10.1. The molecule has 0 N–H and O–H groups in total. The predicted octanol–water partition coefficient (Wildman–Crippen LogP) is 1.65. The van der Waals surface area contributed by atoms with Crippen LogP contribution in [-0.4, -0.2) is 16.3 Å². The van der Waals surface area contributed by atoms with Crippen LogP contribution in [0, 0.1) is 12.3 Å². The van der Waals surface area contributed by atoms with Crippen molar-refractivity contribution in [2.24, 2.45) is 0 Å². The third kappa shape index (κ3) is 3.68. The smallest absolute Gasteiger partial charge is 0.322 e. The van der Waals surface area contributed by atoms with Gasteiger partial charge in [-0.15, -0.1) is 6.42 Å². The molecule has 0 bridgehead atoms. The number of terminal acetylenes is 1. The highest BCUT2D eigenvalue weighted by Gasteiger charge is 2.29. The number of carbonyl (C=O) groups excluding carboxylic acids is 1. The fourth-order valence-electron chi connectivity index (χ4n) is 0.386. The minimum Gasteiger partial charge on any atom is -0.445 e. The number of hydrogen-bond donors (Lipinski definition) is 1. The summed E-state index contributed by atoms with van der Waals surface area (Å²) in [5.74, 6) is 1.96. The minimum absolute atomic E-state index is 0.409. The third-order valence-electron chi connectivity index (χ3n) is 1.19. The first-order valence-electron chi connectivity index (χ1n) is 3.62. The number of thiol groups is 1. The van der Waals surface area contributed by atoms with Gasteiger partial charge in [-0.2, -0.15) is 12.6 Å². The van der Waals surface area contributed by atoms with Crippen LogP contribution < -0.4 is 0 Å². The summed E-state index contributed by atoms with van der Waals surface area (Å²) in [6.07, 6.45) is 5.15. The van der Waals surface area contributed by atoms with Crippen molar-refractivity contribution < 1.29 is 9.53 Å². The molecule has 0 amide bonds. The van der Waals surface area contributed by atoms with E-state index in [1.54, 1.807) is 27.7 Å². The molecule has 0 aromatic carbocycles. The van der Waals surface area contributed by atoms with E-state index in [4.69, 9.17) is 11.2 Å². The fourth-order valence-corrected chi connectivity index (χ4v) is 0.432. The van der Waals surface area contributed by atoms with Crippen LogP contribution in [0.1, 0.15) is 27.7 Å². The van der Waals surface area contributed by atoms with Gasteiger partial charge in [0.05, 0.1) is 0 Å². The van der Waals surface area contributed by atoms with Crippen LogP contribution in [0.4, 0.5) is 0 Å². The molecule has 0 atom stereocenters. The Labute approximate surface area is 79.1 Å². The molecule has 0 radical (unpaired) electrons. The number of carbonyl (C=O) groups is 1. The Hall–Kier alpha value is -0.620. The zero-order valence-corrected chi connectivity index (χ0v) is 8.74. The standard InChI is InChI=1S/C9H14O2S/c1-6-8(2,3)11-7(10)9(4,5)12/h1,12H,2-5H3. The predicted molar refractivity (Wildman–Crippen MR) is 52.1 cm³/mol. The van der Waals surface area contributed by atoms with E-state index in [1.807, 2.05) is 0 Å². The third-order valence-corrected chi connectivity index (χ3v) is 1.38. The average Bonchev–Trinajstić information content (AvgIpc) is 1.85. The normalized spacial score (nSPS) is 12.0. The first-order chi connectivity index (χ1) is 5.19. The number of esters is 1. The van der Waals surface area contributed by atoms with Gasteiger partial charge in [-0.1, -0.05) is 5.92 Å². The highest BCUT2D eigenvalue weighted by molar-refractivity contribution is 7.82. The van der Waals surface area contributed by atoms with E-state index in [1.165, 1.54) is 0 Å². The Morgan fingerprint density at radius 1 is 1.42 bits per heavy atom. The van der Waals surface area contributed by atoms with Crippen molar-refractivity contribution in [2.75, 3.05) is 0 Å². The second kappa shape index (κ2) is 3.40. The number of ether oxygens (including phenoxy) is 1. The maximum Gasteiger partial charge on any atom is 0.322 e. The van der Waals surface area contributed by atoms with Gasteiger partial charge in [-0.3, -0.25) is 4.79 Å². The molecule has 12 heavy (non-hydrogen) atoms. The van der Waals surface area contributed by atoms with Crippen LogP contribution in [0.3, 0.4) is 0 Å². The molecule has 0 rings (SSSR count). The molecule has 0 saturated heterocycles. The lowest BCUT2D eigenvalue weighted by Gasteiger charge is -2.24. The quantitative estimate of drug-likeness (QED) is 0.403. The summed E-state index contributed by atoms with van der Waals surface area (Å²) in [7, 11) is 0. The van der Waals surface area contributed by atoms with Crippen molar-refractivity contribution in [2.45, 2.75) is 38.0 Å². The van der Waals surface area contributed by atoms with Crippen LogP contribution in [0.2, 0.25) is 0 Å². The van der Waals surface area contributed by atoms with Crippen LogP contribution in [0.25, 0.3) is 0 Å². The number of rotatable bonds is 2. The van der Waals surface area contributed by atoms with E-state index in [0.717, 1.165) is 0 Å². The van der Waals surface area contributed by atoms with E-state index < -0.39 is 16.3 Å². The Morgan fingerprint density at radius 2 is 1.83 bits per heavy atom. The summed E-state index contributed by atoms with van der Waals surface area (Å²) in [6.45, 7) is 6.63. The largest absolute Gasteiger partial charge is 0.445 e. The molecular weight excluding hydrogens is 172 g/mol. The second-order valence-corrected chi connectivity index (χ2v) is 4.72. The molecule has 0 aliphatic heterocycles. The van der Waals surface area contributed by atoms with Gasteiger partial charge in [0, 0.05) is 0 Å². The van der Waals surface area contributed by atoms with Crippen molar-refractivity contribution in [1.82, 2.24) is 0 Å². The fraction of sp³-hybridized carbons (Fsp3) is 0.667. The molecule has 2 nitrogen and oxygen atoms in total. The van der Waals surface area contributed by atoms with E-state index in [2.05, 4.69) is 18.5 Å². The number of hydrogen-bond acceptors (Lipinski definition) is 3. The zero-order valence-electron chi connectivity index (χ0n) is 7.84. The van der Waals surface area contributed by atoms with E-state index >= 15 is 0 Å². The van der Waals surface area contributed by atoms with Crippen molar-refractivity contribution >= 4 is 18.6 Å². The Balaban J connectivity index is 4.33. The van der Waals surface area contributed by atoms with E-state index in [-0.39, 0.29) is 0 Å². The van der Waals surface area contributed by atoms with E-state index in [9.17, 15) is 4.79 Å². The molecule has 0 spiro atoms. The van der Waals surface area contributed by atoms with Crippen molar-refractivity contribution in [3.8, 4) is 12.3 Å². The molecular formula is C9H14O2S. The van der Waals surface area contributed by atoms with Crippen molar-refractivity contribution in [3.05, 3.63) is 0 Å². The SMILES string of the molecule is C#CC(C)(C)OC(=O)C(C)(C)S. The highest BCUT2D eigenvalue weighted by atomic mass is 32.1. The van der Waals surface area contributed by atoms with Gasteiger partial charge in [0.15, 0.2) is 5.60 Å². The molecule has 0 fully saturated rings. The summed E-state index contributed by atoms with van der Waals surface area (Å²) < 4.78 is 4.20. The first-order valence-corrected chi connectivity index (χ1v) is 4.07. The van der Waals surface area contributed by atoms with Crippen molar-refractivity contribution in [1.29, 1.82) is 0 Å². The molecule has 0 aliphatic carbocycles. The summed E-state index contributed by atoms with van der Waals surface area (Å²) >= 11 is 4.06. The Kier molecular flexibility index (Phi) is 3.23. The first kappa shape index (κ1) is 11.4. The average molecular weight is 186 g/mol. The zero-order chi connectivity index (χ0) is 9.99. The molecule has 0 aliphatic rings. The molecule has 68 valence electrons. The summed E-state index contributed by atoms with van der Waals surface area (Å²) in [5.41, 5.74) is -0.850. The lowest BCUT2D eigenvalue weighted by Crippen LogP contribution is -2.35. The Morgan fingerprint density at radius 3 is 2.08 bits per heavy atom.